The van der Waals surface area contributed by atoms with Gasteiger partial charge in [-0.3, -0.25) is 4.99 Å². The maximum Gasteiger partial charge on any atom is 0.194 e. The summed E-state index contributed by atoms with van der Waals surface area (Å²) >= 11 is 0. The van der Waals surface area contributed by atoms with Crippen LogP contribution in [0.25, 0.3) is 0 Å². The molecule has 23 heavy (non-hydrogen) atoms. The molecule has 0 unspecified atom stereocenters. The molecule has 5 heteroatoms. The Balaban J connectivity index is 1.85. The van der Waals surface area contributed by atoms with Crippen LogP contribution in [0.15, 0.2) is 23.3 Å². The predicted octanol–water partition coefficient (Wildman–Crippen LogP) is 2.15. The lowest BCUT2D eigenvalue weighted by atomic mass is 9.99. The lowest BCUT2D eigenvalue weighted by Gasteiger charge is -2.29. The van der Waals surface area contributed by atoms with Gasteiger partial charge in [-0.15, -0.1) is 0 Å². The molecule has 5 nitrogen and oxygen atoms in total. The van der Waals surface area contributed by atoms with Gasteiger partial charge in [-0.2, -0.15) is 0 Å². The molecule has 1 fully saturated rings. The van der Waals surface area contributed by atoms with Gasteiger partial charge in [0.25, 0.3) is 0 Å². The van der Waals surface area contributed by atoms with Gasteiger partial charge in [-0.05, 0) is 50.9 Å². The second-order valence-corrected chi connectivity index (χ2v) is 6.73. The molecule has 0 radical (unpaired) electrons. The number of aryl methyl sites for hydroxylation is 1. The quantitative estimate of drug-likeness (QED) is 0.645. The summed E-state index contributed by atoms with van der Waals surface area (Å²) in [6.07, 6.45) is 4.75. The first-order valence-corrected chi connectivity index (χ1v) is 8.92. The predicted molar refractivity (Wildman–Crippen MR) is 97.7 cm³/mol. The van der Waals surface area contributed by atoms with Crippen molar-refractivity contribution in [2.45, 2.75) is 33.2 Å². The van der Waals surface area contributed by atoms with Crippen molar-refractivity contribution < 1.29 is 0 Å². The third-order valence-corrected chi connectivity index (χ3v) is 4.70. The number of aliphatic imine (C=N–C) groups is 1. The molecular formula is C18H33N5. The fourth-order valence-corrected chi connectivity index (χ4v) is 3.03. The Kier molecular flexibility index (Phi) is 6.96. The van der Waals surface area contributed by atoms with Crippen molar-refractivity contribution in [3.8, 4) is 0 Å². The molecule has 1 aromatic heterocycles. The van der Waals surface area contributed by atoms with Crippen molar-refractivity contribution in [1.82, 2.24) is 19.7 Å². The molecule has 1 aliphatic rings. The van der Waals surface area contributed by atoms with Crippen LogP contribution in [0.2, 0.25) is 0 Å². The molecule has 0 aliphatic carbocycles. The first-order valence-electron chi connectivity index (χ1n) is 8.92. The van der Waals surface area contributed by atoms with Crippen molar-refractivity contribution in [1.29, 1.82) is 0 Å². The van der Waals surface area contributed by atoms with Gasteiger partial charge in [0.15, 0.2) is 5.96 Å². The average Bonchev–Trinajstić information content (AvgIpc) is 2.93. The van der Waals surface area contributed by atoms with Crippen LogP contribution in [0, 0.1) is 5.92 Å². The highest BCUT2D eigenvalue weighted by Crippen LogP contribution is 2.15. The van der Waals surface area contributed by atoms with Gasteiger partial charge in [-0.25, -0.2) is 0 Å². The molecule has 1 aliphatic heterocycles. The van der Waals surface area contributed by atoms with E-state index >= 15 is 0 Å². The summed E-state index contributed by atoms with van der Waals surface area (Å²) in [4.78, 5) is 9.57. The average molecular weight is 319 g/mol. The Labute approximate surface area is 141 Å². The molecule has 0 spiro atoms. The fraction of sp³-hybridized carbons (Fsp3) is 0.722. The second kappa shape index (κ2) is 8.96. The molecule has 0 amide bonds. The molecule has 130 valence electrons. The highest BCUT2D eigenvalue weighted by molar-refractivity contribution is 5.79. The van der Waals surface area contributed by atoms with Crippen LogP contribution in [-0.4, -0.2) is 60.1 Å². The van der Waals surface area contributed by atoms with Crippen LogP contribution >= 0.6 is 0 Å². The zero-order valence-corrected chi connectivity index (χ0v) is 15.3. The highest BCUT2D eigenvalue weighted by atomic mass is 15.3. The number of aromatic nitrogens is 1. The molecule has 1 saturated heterocycles. The van der Waals surface area contributed by atoms with Gasteiger partial charge in [0, 0.05) is 39.1 Å². The normalized spacial score (nSPS) is 17.5. The van der Waals surface area contributed by atoms with E-state index in [4.69, 9.17) is 4.99 Å². The maximum atomic E-state index is 4.82. The summed E-state index contributed by atoms with van der Waals surface area (Å²) in [6, 6.07) is 4.25. The molecule has 0 bridgehead atoms. The fourth-order valence-electron chi connectivity index (χ4n) is 3.03. The molecule has 0 aromatic carbocycles. The molecule has 2 rings (SSSR count). The molecule has 2 heterocycles. The van der Waals surface area contributed by atoms with E-state index < -0.39 is 0 Å². The Bertz CT molecular complexity index is 485. The van der Waals surface area contributed by atoms with E-state index in [0.717, 1.165) is 38.1 Å². The molecule has 1 aromatic rings. The number of nitrogens with one attached hydrogen (secondary N) is 1. The number of guanidine groups is 1. The standard InChI is InChI=1S/C18H33N5/c1-5-19-18(22(4)15-17-7-6-11-21(17)3)20-10-14-23-12-8-16(2)9-13-23/h6-7,11,16H,5,8-10,12-15H2,1-4H3,(H,19,20). The van der Waals surface area contributed by atoms with E-state index in [9.17, 15) is 0 Å². The number of piperidine rings is 1. The summed E-state index contributed by atoms with van der Waals surface area (Å²) < 4.78 is 2.16. The van der Waals surface area contributed by atoms with Crippen LogP contribution in [0.3, 0.4) is 0 Å². The largest absolute Gasteiger partial charge is 0.357 e. The van der Waals surface area contributed by atoms with Crippen LogP contribution < -0.4 is 5.32 Å². The molecule has 0 atom stereocenters. The number of nitrogens with zero attached hydrogens (tertiary/aromatic N) is 4. The van der Waals surface area contributed by atoms with Gasteiger partial charge >= 0.3 is 0 Å². The SMILES string of the molecule is CCNC(=NCCN1CCC(C)CC1)N(C)Cc1cccn1C. The summed E-state index contributed by atoms with van der Waals surface area (Å²) in [6.45, 7) is 10.6. The Hall–Kier alpha value is -1.49. The topological polar surface area (TPSA) is 35.8 Å². The zero-order valence-electron chi connectivity index (χ0n) is 15.3. The van der Waals surface area contributed by atoms with Crippen molar-refractivity contribution >= 4 is 5.96 Å². The van der Waals surface area contributed by atoms with Gasteiger partial charge in [0.2, 0.25) is 0 Å². The smallest absolute Gasteiger partial charge is 0.194 e. The molecular weight excluding hydrogens is 286 g/mol. The summed E-state index contributed by atoms with van der Waals surface area (Å²) in [5, 5.41) is 3.41. The number of rotatable bonds is 6. The monoisotopic (exact) mass is 319 g/mol. The first-order chi connectivity index (χ1) is 11.1. The van der Waals surface area contributed by atoms with E-state index in [1.54, 1.807) is 0 Å². The second-order valence-electron chi connectivity index (χ2n) is 6.73. The van der Waals surface area contributed by atoms with E-state index in [-0.39, 0.29) is 0 Å². The van der Waals surface area contributed by atoms with Crippen LogP contribution in [0.4, 0.5) is 0 Å². The Morgan fingerprint density at radius 1 is 1.39 bits per heavy atom. The van der Waals surface area contributed by atoms with Crippen molar-refractivity contribution in [2.75, 3.05) is 39.8 Å². The third-order valence-electron chi connectivity index (χ3n) is 4.70. The minimum absolute atomic E-state index is 0.869. The van der Waals surface area contributed by atoms with Gasteiger partial charge in [0.1, 0.15) is 0 Å². The van der Waals surface area contributed by atoms with Crippen LogP contribution in [0.1, 0.15) is 32.4 Å². The highest BCUT2D eigenvalue weighted by Gasteiger charge is 2.15. The van der Waals surface area contributed by atoms with E-state index in [1.807, 2.05) is 0 Å². The zero-order chi connectivity index (χ0) is 16.7. The van der Waals surface area contributed by atoms with E-state index in [1.165, 1.54) is 31.6 Å². The lowest BCUT2D eigenvalue weighted by molar-refractivity contribution is 0.197. The van der Waals surface area contributed by atoms with Crippen molar-refractivity contribution in [2.24, 2.45) is 18.0 Å². The van der Waals surface area contributed by atoms with Crippen LogP contribution in [-0.2, 0) is 13.6 Å². The lowest BCUT2D eigenvalue weighted by Crippen LogP contribution is -2.40. The Morgan fingerprint density at radius 3 is 2.74 bits per heavy atom. The van der Waals surface area contributed by atoms with E-state index in [2.05, 4.69) is 66.0 Å². The summed E-state index contributed by atoms with van der Waals surface area (Å²) in [5.74, 6) is 1.89. The molecule has 0 saturated carbocycles. The number of hydrogen-bond donors (Lipinski definition) is 1. The Morgan fingerprint density at radius 2 is 2.13 bits per heavy atom. The molecule has 1 N–H and O–H groups in total. The minimum Gasteiger partial charge on any atom is -0.357 e. The minimum atomic E-state index is 0.869. The summed E-state index contributed by atoms with van der Waals surface area (Å²) in [5.41, 5.74) is 1.29. The maximum absolute atomic E-state index is 4.82. The van der Waals surface area contributed by atoms with Gasteiger partial charge in [0.05, 0.1) is 13.1 Å². The van der Waals surface area contributed by atoms with Crippen LogP contribution in [0.5, 0.6) is 0 Å². The number of hydrogen-bond acceptors (Lipinski definition) is 2. The van der Waals surface area contributed by atoms with Gasteiger partial charge in [-0.1, -0.05) is 6.92 Å². The third kappa shape index (κ3) is 5.57. The summed E-state index contributed by atoms with van der Waals surface area (Å²) in [7, 11) is 4.20. The van der Waals surface area contributed by atoms with Crippen molar-refractivity contribution in [3.05, 3.63) is 24.0 Å². The van der Waals surface area contributed by atoms with Crippen molar-refractivity contribution in [3.63, 3.8) is 0 Å². The first kappa shape index (κ1) is 17.9. The van der Waals surface area contributed by atoms with Gasteiger partial charge < -0.3 is 19.7 Å². The number of likely N-dealkylation sites (tertiary alicyclic amines) is 1. The van der Waals surface area contributed by atoms with E-state index in [0.29, 0.717) is 0 Å².